The van der Waals surface area contributed by atoms with Gasteiger partial charge in [-0.3, -0.25) is 14.4 Å². The highest BCUT2D eigenvalue weighted by atomic mass is 19.1. The maximum Gasteiger partial charge on any atom is 0.303 e. The largest absolute Gasteiger partial charge is 0.481 e. The lowest BCUT2D eigenvalue weighted by Crippen LogP contribution is -2.37. The third kappa shape index (κ3) is 6.51. The van der Waals surface area contributed by atoms with Gasteiger partial charge in [0.1, 0.15) is 5.82 Å². The normalized spacial score (nSPS) is 9.95. The van der Waals surface area contributed by atoms with Gasteiger partial charge in [0, 0.05) is 13.0 Å². The summed E-state index contributed by atoms with van der Waals surface area (Å²) < 4.78 is 13.3. The molecule has 0 fully saturated rings. The van der Waals surface area contributed by atoms with Crippen LogP contribution < -0.4 is 10.6 Å². The molecular formula is C14H17FN2O4. The van der Waals surface area contributed by atoms with E-state index in [0.717, 1.165) is 6.07 Å². The zero-order valence-electron chi connectivity index (χ0n) is 11.4. The van der Waals surface area contributed by atoms with Gasteiger partial charge in [0.2, 0.25) is 5.91 Å². The molecule has 0 aromatic heterocycles. The zero-order valence-corrected chi connectivity index (χ0v) is 11.4. The van der Waals surface area contributed by atoms with E-state index in [9.17, 15) is 18.8 Å². The van der Waals surface area contributed by atoms with E-state index in [0.29, 0.717) is 19.4 Å². The molecule has 114 valence electrons. The van der Waals surface area contributed by atoms with Crippen LogP contribution in [0.4, 0.5) is 4.39 Å². The Bertz CT molecular complexity index is 519. The molecule has 2 amide bonds. The number of hydrogen-bond donors (Lipinski definition) is 3. The first-order valence-corrected chi connectivity index (χ1v) is 6.52. The number of amides is 2. The second kappa shape index (κ2) is 8.68. The Morgan fingerprint density at radius 3 is 2.48 bits per heavy atom. The van der Waals surface area contributed by atoms with E-state index in [2.05, 4.69) is 10.6 Å². The van der Waals surface area contributed by atoms with Crippen LogP contribution >= 0.6 is 0 Å². The zero-order chi connectivity index (χ0) is 15.7. The Morgan fingerprint density at radius 2 is 1.81 bits per heavy atom. The topological polar surface area (TPSA) is 95.5 Å². The fourth-order valence-corrected chi connectivity index (χ4v) is 1.59. The van der Waals surface area contributed by atoms with Crippen molar-refractivity contribution in [2.45, 2.75) is 19.3 Å². The number of unbranched alkanes of at least 4 members (excludes halogenated alkanes) is 1. The fraction of sp³-hybridized carbons (Fsp3) is 0.357. The summed E-state index contributed by atoms with van der Waals surface area (Å²) in [6.45, 7) is 0.0772. The number of carbonyl (C=O) groups is 3. The first kappa shape index (κ1) is 16.6. The molecule has 0 radical (unpaired) electrons. The van der Waals surface area contributed by atoms with Crippen molar-refractivity contribution in [2.75, 3.05) is 13.1 Å². The Kier molecular flexibility index (Phi) is 6.86. The highest BCUT2D eigenvalue weighted by Gasteiger charge is 2.11. The van der Waals surface area contributed by atoms with Crippen molar-refractivity contribution in [3.05, 3.63) is 35.6 Å². The average molecular weight is 296 g/mol. The first-order chi connectivity index (χ1) is 10.0. The third-order valence-electron chi connectivity index (χ3n) is 2.67. The molecule has 7 heteroatoms. The fourth-order valence-electron chi connectivity index (χ4n) is 1.59. The van der Waals surface area contributed by atoms with Gasteiger partial charge in [0.05, 0.1) is 12.1 Å². The summed E-state index contributed by atoms with van der Waals surface area (Å²) in [5, 5.41) is 13.3. The van der Waals surface area contributed by atoms with Crippen molar-refractivity contribution in [1.82, 2.24) is 10.6 Å². The van der Waals surface area contributed by atoms with Crippen molar-refractivity contribution in [3.63, 3.8) is 0 Å². The van der Waals surface area contributed by atoms with E-state index >= 15 is 0 Å². The Labute approximate surface area is 121 Å². The summed E-state index contributed by atoms with van der Waals surface area (Å²) in [5.41, 5.74) is -0.119. The molecule has 0 saturated carbocycles. The molecule has 6 nitrogen and oxygen atoms in total. The number of halogens is 1. The van der Waals surface area contributed by atoms with E-state index in [-0.39, 0.29) is 18.5 Å². The van der Waals surface area contributed by atoms with Crippen LogP contribution in [0.5, 0.6) is 0 Å². The molecule has 0 aliphatic rings. The molecule has 1 aromatic rings. The third-order valence-corrected chi connectivity index (χ3v) is 2.67. The van der Waals surface area contributed by atoms with Crippen LogP contribution in [-0.4, -0.2) is 36.0 Å². The van der Waals surface area contributed by atoms with Crippen molar-refractivity contribution in [3.8, 4) is 0 Å². The molecule has 0 saturated heterocycles. The second-order valence-electron chi connectivity index (χ2n) is 4.36. The molecule has 0 atom stereocenters. The summed E-state index contributed by atoms with van der Waals surface area (Å²) >= 11 is 0. The van der Waals surface area contributed by atoms with Gasteiger partial charge in [-0.2, -0.15) is 0 Å². The van der Waals surface area contributed by atoms with Gasteiger partial charge in [0.25, 0.3) is 5.91 Å². The molecule has 21 heavy (non-hydrogen) atoms. The molecular weight excluding hydrogens is 279 g/mol. The molecule has 1 rings (SSSR count). The lowest BCUT2D eigenvalue weighted by atomic mass is 10.2. The lowest BCUT2D eigenvalue weighted by molar-refractivity contribution is -0.137. The summed E-state index contributed by atoms with van der Waals surface area (Å²) in [7, 11) is 0. The summed E-state index contributed by atoms with van der Waals surface area (Å²) in [4.78, 5) is 33.3. The number of rotatable bonds is 8. The molecule has 0 heterocycles. The second-order valence-corrected chi connectivity index (χ2v) is 4.36. The van der Waals surface area contributed by atoms with Gasteiger partial charge in [-0.1, -0.05) is 12.1 Å². The number of carboxylic acids is 1. The van der Waals surface area contributed by atoms with Crippen molar-refractivity contribution in [1.29, 1.82) is 0 Å². The van der Waals surface area contributed by atoms with Crippen LogP contribution in [0.25, 0.3) is 0 Å². The predicted molar refractivity (Wildman–Crippen MR) is 73.2 cm³/mol. The van der Waals surface area contributed by atoms with Crippen LogP contribution in [0.15, 0.2) is 24.3 Å². The minimum atomic E-state index is -0.876. The molecule has 3 N–H and O–H groups in total. The number of carbonyl (C=O) groups excluding carboxylic acids is 2. The molecule has 0 spiro atoms. The van der Waals surface area contributed by atoms with E-state index < -0.39 is 23.6 Å². The number of aliphatic carboxylic acids is 1. The van der Waals surface area contributed by atoms with Crippen molar-refractivity contribution >= 4 is 17.8 Å². The van der Waals surface area contributed by atoms with E-state index in [1.54, 1.807) is 0 Å². The lowest BCUT2D eigenvalue weighted by Gasteiger charge is -2.07. The van der Waals surface area contributed by atoms with Gasteiger partial charge >= 0.3 is 5.97 Å². The van der Waals surface area contributed by atoms with E-state index in [4.69, 9.17) is 5.11 Å². The standard InChI is InChI=1S/C14H17FN2O4/c15-11-6-2-1-5-10(11)14(21)17-9-12(18)16-8-4-3-7-13(19)20/h1-2,5-6H,3-4,7-9H2,(H,16,18)(H,17,21)(H,19,20). The molecule has 1 aromatic carbocycles. The van der Waals surface area contributed by atoms with E-state index in [1.807, 2.05) is 0 Å². The van der Waals surface area contributed by atoms with Crippen LogP contribution in [0, 0.1) is 5.82 Å². The summed E-state index contributed by atoms with van der Waals surface area (Å²) in [5.74, 6) is -2.59. The van der Waals surface area contributed by atoms with Gasteiger partial charge in [0.15, 0.2) is 0 Å². The van der Waals surface area contributed by atoms with Crippen LogP contribution in [-0.2, 0) is 9.59 Å². The van der Waals surface area contributed by atoms with Crippen molar-refractivity contribution in [2.24, 2.45) is 0 Å². The maximum absolute atomic E-state index is 13.3. The SMILES string of the molecule is O=C(O)CCCCNC(=O)CNC(=O)c1ccccc1F. The molecule has 0 aliphatic carbocycles. The number of nitrogens with one attached hydrogen (secondary N) is 2. The molecule has 0 unspecified atom stereocenters. The number of benzene rings is 1. The quantitative estimate of drug-likeness (QED) is 0.622. The molecule has 0 aliphatic heterocycles. The van der Waals surface area contributed by atoms with Crippen LogP contribution in [0.3, 0.4) is 0 Å². The Hall–Kier alpha value is -2.44. The first-order valence-electron chi connectivity index (χ1n) is 6.52. The Morgan fingerprint density at radius 1 is 1.10 bits per heavy atom. The smallest absolute Gasteiger partial charge is 0.303 e. The minimum absolute atomic E-state index is 0.0554. The van der Waals surface area contributed by atoms with Gasteiger partial charge in [-0.25, -0.2) is 4.39 Å². The van der Waals surface area contributed by atoms with Gasteiger partial charge < -0.3 is 15.7 Å². The van der Waals surface area contributed by atoms with E-state index in [1.165, 1.54) is 18.2 Å². The predicted octanol–water partition coefficient (Wildman–Crippen LogP) is 0.927. The number of hydrogen-bond acceptors (Lipinski definition) is 3. The van der Waals surface area contributed by atoms with Crippen molar-refractivity contribution < 1.29 is 23.9 Å². The monoisotopic (exact) mass is 296 g/mol. The van der Waals surface area contributed by atoms with Gasteiger partial charge in [-0.05, 0) is 25.0 Å². The summed E-state index contributed by atoms with van der Waals surface area (Å²) in [6, 6.07) is 5.49. The van der Waals surface area contributed by atoms with Gasteiger partial charge in [-0.15, -0.1) is 0 Å². The minimum Gasteiger partial charge on any atom is -0.481 e. The number of carboxylic acid groups (broad SMARTS) is 1. The molecule has 0 bridgehead atoms. The highest BCUT2D eigenvalue weighted by Crippen LogP contribution is 2.05. The maximum atomic E-state index is 13.3. The van der Waals surface area contributed by atoms with Crippen LogP contribution in [0.2, 0.25) is 0 Å². The average Bonchev–Trinajstić information content (AvgIpc) is 2.44. The Balaban J connectivity index is 2.22. The highest BCUT2D eigenvalue weighted by molar-refractivity contribution is 5.96. The summed E-state index contributed by atoms with van der Waals surface area (Å²) in [6.07, 6.45) is 1.07. The van der Waals surface area contributed by atoms with Crippen LogP contribution in [0.1, 0.15) is 29.6 Å².